The molecular weight excluding hydrogens is 289 g/mol. The summed E-state index contributed by atoms with van der Waals surface area (Å²) < 4.78 is 0. The molecule has 0 aliphatic carbocycles. The van der Waals surface area contributed by atoms with Crippen molar-refractivity contribution in [3.8, 4) is 0 Å². The maximum absolute atomic E-state index is 6.28. The van der Waals surface area contributed by atoms with Gasteiger partial charge in [0.1, 0.15) is 0 Å². The minimum atomic E-state index is 0.385. The van der Waals surface area contributed by atoms with E-state index in [0.29, 0.717) is 5.92 Å². The molecule has 20 heavy (non-hydrogen) atoms. The lowest BCUT2D eigenvalue weighted by Crippen LogP contribution is -2.19. The number of halogens is 2. The van der Waals surface area contributed by atoms with Crippen LogP contribution in [0.15, 0.2) is 42.5 Å². The number of nitrogens with one attached hydrogen (secondary N) is 1. The van der Waals surface area contributed by atoms with Crippen LogP contribution < -0.4 is 5.32 Å². The zero-order chi connectivity index (χ0) is 14.5. The van der Waals surface area contributed by atoms with E-state index < -0.39 is 0 Å². The molecule has 106 valence electrons. The van der Waals surface area contributed by atoms with Gasteiger partial charge in [-0.15, -0.1) is 0 Å². The molecule has 0 heterocycles. The summed E-state index contributed by atoms with van der Waals surface area (Å²) in [4.78, 5) is 0. The molecular formula is C17H19Cl2N. The summed E-state index contributed by atoms with van der Waals surface area (Å²) in [6.07, 6.45) is 0.879. The Balaban J connectivity index is 2.27. The number of hydrogen-bond acceptors (Lipinski definition) is 1. The Labute approximate surface area is 130 Å². The van der Waals surface area contributed by atoms with Gasteiger partial charge in [0.2, 0.25) is 0 Å². The van der Waals surface area contributed by atoms with Gasteiger partial charge in [-0.25, -0.2) is 0 Å². The second kappa shape index (κ2) is 7.12. The Morgan fingerprint density at radius 3 is 2.60 bits per heavy atom. The van der Waals surface area contributed by atoms with Crippen molar-refractivity contribution in [1.82, 2.24) is 5.32 Å². The smallest absolute Gasteiger partial charge is 0.0439 e. The van der Waals surface area contributed by atoms with Crippen LogP contribution in [0, 0.1) is 6.92 Å². The molecule has 1 unspecified atom stereocenters. The van der Waals surface area contributed by atoms with Gasteiger partial charge in [0.05, 0.1) is 0 Å². The molecule has 0 radical (unpaired) electrons. The Kier molecular flexibility index (Phi) is 5.47. The average molecular weight is 308 g/mol. The number of benzene rings is 2. The monoisotopic (exact) mass is 307 g/mol. The highest BCUT2D eigenvalue weighted by Crippen LogP contribution is 2.27. The summed E-state index contributed by atoms with van der Waals surface area (Å²) in [6.45, 7) is 3.03. The first-order valence-corrected chi connectivity index (χ1v) is 7.51. The third-order valence-corrected chi connectivity index (χ3v) is 4.04. The van der Waals surface area contributed by atoms with Gasteiger partial charge in [-0.3, -0.25) is 0 Å². The molecule has 0 aliphatic rings. The summed E-state index contributed by atoms with van der Waals surface area (Å²) in [5.74, 6) is 0.385. The molecule has 3 heteroatoms. The lowest BCUT2D eigenvalue weighted by molar-refractivity contribution is 0.625. The lowest BCUT2D eigenvalue weighted by Gasteiger charge is -2.18. The van der Waals surface area contributed by atoms with Crippen LogP contribution in [0.25, 0.3) is 0 Å². The fourth-order valence-electron chi connectivity index (χ4n) is 2.44. The molecule has 0 aliphatic heterocycles. The summed E-state index contributed by atoms with van der Waals surface area (Å²) in [6, 6.07) is 14.3. The van der Waals surface area contributed by atoms with Crippen molar-refractivity contribution in [2.24, 2.45) is 0 Å². The summed E-state index contributed by atoms with van der Waals surface area (Å²) in [5, 5.41) is 4.78. The molecule has 1 N–H and O–H groups in total. The van der Waals surface area contributed by atoms with E-state index >= 15 is 0 Å². The largest absolute Gasteiger partial charge is 0.319 e. The minimum absolute atomic E-state index is 0.385. The van der Waals surface area contributed by atoms with Crippen molar-refractivity contribution in [2.75, 3.05) is 13.6 Å². The van der Waals surface area contributed by atoms with Crippen LogP contribution in [0.4, 0.5) is 0 Å². The third-order valence-electron chi connectivity index (χ3n) is 3.44. The number of hydrogen-bond donors (Lipinski definition) is 1. The molecule has 0 spiro atoms. The van der Waals surface area contributed by atoms with Crippen molar-refractivity contribution in [2.45, 2.75) is 19.3 Å². The van der Waals surface area contributed by atoms with E-state index in [1.54, 1.807) is 0 Å². The predicted molar refractivity (Wildman–Crippen MR) is 88.0 cm³/mol. The highest BCUT2D eigenvalue weighted by molar-refractivity contribution is 6.33. The zero-order valence-electron chi connectivity index (χ0n) is 11.8. The maximum Gasteiger partial charge on any atom is 0.0439 e. The van der Waals surface area contributed by atoms with Gasteiger partial charge < -0.3 is 5.32 Å². The second-order valence-corrected chi connectivity index (χ2v) is 5.95. The first-order chi connectivity index (χ1) is 9.60. The van der Waals surface area contributed by atoms with Gasteiger partial charge in [0.15, 0.2) is 0 Å². The van der Waals surface area contributed by atoms with E-state index in [1.807, 2.05) is 25.2 Å². The minimum Gasteiger partial charge on any atom is -0.319 e. The van der Waals surface area contributed by atoms with E-state index in [2.05, 4.69) is 36.5 Å². The van der Waals surface area contributed by atoms with Crippen LogP contribution in [0.2, 0.25) is 10.0 Å². The molecule has 1 atom stereocenters. The van der Waals surface area contributed by atoms with Gasteiger partial charge in [-0.1, -0.05) is 53.0 Å². The molecule has 0 saturated heterocycles. The van der Waals surface area contributed by atoms with Crippen molar-refractivity contribution in [3.63, 3.8) is 0 Å². The SMILES string of the molecule is CNCC(Cc1cc(Cl)ccc1Cl)c1cccc(C)c1. The van der Waals surface area contributed by atoms with Crippen LogP contribution in [0.5, 0.6) is 0 Å². The van der Waals surface area contributed by atoms with Gasteiger partial charge >= 0.3 is 0 Å². The molecule has 0 aromatic heterocycles. The van der Waals surface area contributed by atoms with E-state index in [0.717, 1.165) is 28.6 Å². The Bertz CT molecular complexity index is 581. The maximum atomic E-state index is 6.28. The zero-order valence-corrected chi connectivity index (χ0v) is 13.3. The van der Waals surface area contributed by atoms with Gasteiger partial charge in [-0.05, 0) is 49.7 Å². The van der Waals surface area contributed by atoms with Crippen LogP contribution in [0.3, 0.4) is 0 Å². The van der Waals surface area contributed by atoms with E-state index in [1.165, 1.54) is 11.1 Å². The van der Waals surface area contributed by atoms with E-state index in [4.69, 9.17) is 23.2 Å². The van der Waals surface area contributed by atoms with Crippen molar-refractivity contribution in [1.29, 1.82) is 0 Å². The Morgan fingerprint density at radius 2 is 1.90 bits per heavy atom. The molecule has 0 fully saturated rings. The lowest BCUT2D eigenvalue weighted by atomic mass is 9.91. The average Bonchev–Trinajstić information content (AvgIpc) is 2.42. The number of aryl methyl sites for hydroxylation is 1. The Morgan fingerprint density at radius 1 is 1.10 bits per heavy atom. The summed E-state index contributed by atoms with van der Waals surface area (Å²) >= 11 is 12.4. The molecule has 0 bridgehead atoms. The highest BCUT2D eigenvalue weighted by atomic mass is 35.5. The second-order valence-electron chi connectivity index (χ2n) is 5.11. The molecule has 1 nitrogen and oxygen atoms in total. The fraction of sp³-hybridized carbons (Fsp3) is 0.294. The third kappa shape index (κ3) is 3.99. The molecule has 0 amide bonds. The van der Waals surface area contributed by atoms with Crippen LogP contribution in [-0.4, -0.2) is 13.6 Å². The Hall–Kier alpha value is -1.02. The van der Waals surface area contributed by atoms with Crippen LogP contribution >= 0.6 is 23.2 Å². The van der Waals surface area contributed by atoms with Gasteiger partial charge in [0.25, 0.3) is 0 Å². The van der Waals surface area contributed by atoms with Crippen molar-refractivity contribution in [3.05, 3.63) is 69.2 Å². The van der Waals surface area contributed by atoms with Crippen molar-refractivity contribution >= 4 is 23.2 Å². The van der Waals surface area contributed by atoms with Crippen molar-refractivity contribution < 1.29 is 0 Å². The molecule has 0 saturated carbocycles. The first-order valence-electron chi connectivity index (χ1n) is 6.75. The van der Waals surface area contributed by atoms with Gasteiger partial charge in [-0.2, -0.15) is 0 Å². The van der Waals surface area contributed by atoms with Gasteiger partial charge in [0, 0.05) is 22.5 Å². The van der Waals surface area contributed by atoms with E-state index in [9.17, 15) is 0 Å². The standard InChI is InChI=1S/C17H19Cl2N/c1-12-4-3-5-13(8-12)15(11-20-2)9-14-10-16(18)6-7-17(14)19/h3-8,10,15,20H,9,11H2,1-2H3. The van der Waals surface area contributed by atoms with Crippen LogP contribution in [-0.2, 0) is 6.42 Å². The highest BCUT2D eigenvalue weighted by Gasteiger charge is 2.14. The summed E-state index contributed by atoms with van der Waals surface area (Å²) in [7, 11) is 1.97. The quantitative estimate of drug-likeness (QED) is 0.833. The topological polar surface area (TPSA) is 12.0 Å². The molecule has 2 aromatic rings. The predicted octanol–water partition coefficient (Wildman–Crippen LogP) is 4.85. The molecule has 2 aromatic carbocycles. The normalized spacial score (nSPS) is 12.4. The van der Waals surface area contributed by atoms with E-state index in [-0.39, 0.29) is 0 Å². The fourth-order valence-corrected chi connectivity index (χ4v) is 2.83. The first kappa shape index (κ1) is 15.4. The van der Waals surface area contributed by atoms with Crippen LogP contribution in [0.1, 0.15) is 22.6 Å². The number of rotatable bonds is 5. The number of likely N-dealkylation sites (N-methyl/N-ethyl adjacent to an activating group) is 1. The summed E-state index contributed by atoms with van der Waals surface area (Å²) in [5.41, 5.74) is 3.71. The molecule has 2 rings (SSSR count).